The largest absolute Gasteiger partial charge is 0.478 e. The molecule has 0 aliphatic rings. The lowest BCUT2D eigenvalue weighted by Gasteiger charge is -2.16. The lowest BCUT2D eigenvalue weighted by atomic mass is 10.3. The maximum absolute atomic E-state index is 10.6. The summed E-state index contributed by atoms with van der Waals surface area (Å²) in [5.74, 6) is 1.55. The molecule has 0 atom stereocenters. The Kier molecular flexibility index (Phi) is 6.15. The van der Waals surface area contributed by atoms with Crippen LogP contribution in [-0.2, 0) is 5.75 Å². The van der Waals surface area contributed by atoms with E-state index in [9.17, 15) is 4.79 Å². The molecule has 17 heavy (non-hydrogen) atoms. The Morgan fingerprint density at radius 1 is 1.47 bits per heavy atom. The second-order valence-corrected chi connectivity index (χ2v) is 4.79. The summed E-state index contributed by atoms with van der Waals surface area (Å²) in [6.07, 6.45) is 1.29. The standard InChI is InChI=1S/C12H19NO3S/c1-3-13(4-2)5-6-17-9-11-7-10(8-16-11)12(14)15/h7-8H,3-6,9H2,1-2H3,(H,14,15). The van der Waals surface area contributed by atoms with Gasteiger partial charge in [-0.05, 0) is 19.2 Å². The summed E-state index contributed by atoms with van der Waals surface area (Å²) in [5.41, 5.74) is 0.226. The Hall–Kier alpha value is -0.940. The monoisotopic (exact) mass is 257 g/mol. The highest BCUT2D eigenvalue weighted by atomic mass is 32.2. The van der Waals surface area contributed by atoms with Crippen LogP contribution in [0.1, 0.15) is 30.0 Å². The van der Waals surface area contributed by atoms with Gasteiger partial charge in [-0.3, -0.25) is 0 Å². The molecule has 0 fully saturated rings. The fourth-order valence-corrected chi connectivity index (χ4v) is 2.36. The van der Waals surface area contributed by atoms with Crippen LogP contribution in [0.3, 0.4) is 0 Å². The van der Waals surface area contributed by atoms with Crippen molar-refractivity contribution in [3.63, 3.8) is 0 Å². The average Bonchev–Trinajstić information content (AvgIpc) is 2.78. The molecule has 1 N–H and O–H groups in total. The van der Waals surface area contributed by atoms with E-state index in [1.165, 1.54) is 6.26 Å². The molecule has 96 valence electrons. The molecule has 1 heterocycles. The van der Waals surface area contributed by atoms with Gasteiger partial charge in [-0.1, -0.05) is 13.8 Å². The van der Waals surface area contributed by atoms with E-state index in [2.05, 4.69) is 18.7 Å². The van der Waals surface area contributed by atoms with Gasteiger partial charge >= 0.3 is 5.97 Å². The van der Waals surface area contributed by atoms with Crippen molar-refractivity contribution in [2.75, 3.05) is 25.4 Å². The van der Waals surface area contributed by atoms with Crippen LogP contribution in [0.15, 0.2) is 16.7 Å². The zero-order chi connectivity index (χ0) is 12.7. The van der Waals surface area contributed by atoms with Gasteiger partial charge in [0.05, 0.1) is 11.3 Å². The Bertz CT molecular complexity index is 347. The molecule has 0 aliphatic heterocycles. The lowest BCUT2D eigenvalue weighted by molar-refractivity contribution is 0.0696. The first-order valence-electron chi connectivity index (χ1n) is 5.78. The summed E-state index contributed by atoms with van der Waals surface area (Å²) in [5, 5.41) is 8.73. The summed E-state index contributed by atoms with van der Waals surface area (Å²) < 4.78 is 5.17. The predicted octanol–water partition coefficient (Wildman–Crippen LogP) is 2.55. The Morgan fingerprint density at radius 3 is 2.71 bits per heavy atom. The number of hydrogen-bond acceptors (Lipinski definition) is 4. The van der Waals surface area contributed by atoms with Gasteiger partial charge in [0.25, 0.3) is 0 Å². The molecule has 1 rings (SSSR count). The minimum absolute atomic E-state index is 0.226. The number of rotatable bonds is 8. The summed E-state index contributed by atoms with van der Waals surface area (Å²) in [6, 6.07) is 1.59. The highest BCUT2D eigenvalue weighted by Crippen LogP contribution is 2.15. The van der Waals surface area contributed by atoms with E-state index >= 15 is 0 Å². The molecule has 0 aromatic carbocycles. The van der Waals surface area contributed by atoms with Gasteiger partial charge in [0, 0.05) is 12.3 Å². The number of furan rings is 1. The third-order valence-corrected chi connectivity index (χ3v) is 3.55. The van der Waals surface area contributed by atoms with Crippen molar-refractivity contribution in [3.8, 4) is 0 Å². The molecule has 0 saturated carbocycles. The van der Waals surface area contributed by atoms with Gasteiger partial charge in [-0.15, -0.1) is 0 Å². The van der Waals surface area contributed by atoms with Crippen LogP contribution in [0, 0.1) is 0 Å². The molecule has 0 spiro atoms. The molecular weight excluding hydrogens is 238 g/mol. The normalized spacial score (nSPS) is 11.0. The quantitative estimate of drug-likeness (QED) is 0.725. The van der Waals surface area contributed by atoms with Crippen molar-refractivity contribution in [2.45, 2.75) is 19.6 Å². The molecule has 0 bridgehead atoms. The highest BCUT2D eigenvalue weighted by molar-refractivity contribution is 7.98. The molecular formula is C12H19NO3S. The van der Waals surface area contributed by atoms with Crippen LogP contribution < -0.4 is 0 Å². The molecule has 4 nitrogen and oxygen atoms in total. The van der Waals surface area contributed by atoms with Crippen molar-refractivity contribution >= 4 is 17.7 Å². The maximum atomic E-state index is 10.6. The maximum Gasteiger partial charge on any atom is 0.338 e. The first-order valence-corrected chi connectivity index (χ1v) is 6.93. The molecule has 0 unspecified atom stereocenters. The van der Waals surface area contributed by atoms with Crippen LogP contribution >= 0.6 is 11.8 Å². The first-order chi connectivity index (χ1) is 8.17. The van der Waals surface area contributed by atoms with Gasteiger partial charge in [0.15, 0.2) is 0 Å². The minimum atomic E-state index is -0.937. The van der Waals surface area contributed by atoms with E-state index in [0.29, 0.717) is 0 Å². The van der Waals surface area contributed by atoms with Crippen molar-refractivity contribution in [2.24, 2.45) is 0 Å². The third kappa shape index (κ3) is 4.83. The van der Waals surface area contributed by atoms with Crippen LogP contribution in [-0.4, -0.2) is 41.4 Å². The van der Waals surface area contributed by atoms with Crippen LogP contribution in [0.2, 0.25) is 0 Å². The number of nitrogens with zero attached hydrogens (tertiary/aromatic N) is 1. The number of carboxylic acids is 1. The second-order valence-electron chi connectivity index (χ2n) is 3.69. The lowest BCUT2D eigenvalue weighted by Crippen LogP contribution is -2.25. The second kappa shape index (κ2) is 7.40. The third-order valence-electron chi connectivity index (χ3n) is 2.59. The molecule has 5 heteroatoms. The van der Waals surface area contributed by atoms with Crippen molar-refractivity contribution in [1.29, 1.82) is 0 Å². The van der Waals surface area contributed by atoms with E-state index in [1.807, 2.05) is 0 Å². The number of thioether (sulfide) groups is 1. The number of carboxylic acid groups (broad SMARTS) is 1. The zero-order valence-electron chi connectivity index (χ0n) is 10.3. The summed E-state index contributed by atoms with van der Waals surface area (Å²) in [6.45, 7) is 7.51. The van der Waals surface area contributed by atoms with Gasteiger partial charge < -0.3 is 14.4 Å². The van der Waals surface area contributed by atoms with Gasteiger partial charge in [-0.2, -0.15) is 11.8 Å². The molecule has 0 amide bonds. The Balaban J connectivity index is 2.24. The number of aromatic carboxylic acids is 1. The minimum Gasteiger partial charge on any atom is -0.478 e. The highest BCUT2D eigenvalue weighted by Gasteiger charge is 2.08. The SMILES string of the molecule is CCN(CC)CCSCc1cc(C(=O)O)co1. The zero-order valence-corrected chi connectivity index (χ0v) is 11.1. The van der Waals surface area contributed by atoms with Crippen molar-refractivity contribution in [1.82, 2.24) is 4.90 Å². The van der Waals surface area contributed by atoms with Crippen LogP contribution in [0.5, 0.6) is 0 Å². The smallest absolute Gasteiger partial charge is 0.338 e. The van der Waals surface area contributed by atoms with Crippen LogP contribution in [0.25, 0.3) is 0 Å². The van der Waals surface area contributed by atoms with E-state index < -0.39 is 5.97 Å². The van der Waals surface area contributed by atoms with Gasteiger partial charge in [0.1, 0.15) is 12.0 Å². The summed E-state index contributed by atoms with van der Waals surface area (Å²) in [4.78, 5) is 13.0. The van der Waals surface area contributed by atoms with Crippen LogP contribution in [0.4, 0.5) is 0 Å². The molecule has 0 radical (unpaired) electrons. The van der Waals surface area contributed by atoms with Crippen molar-refractivity contribution < 1.29 is 14.3 Å². The number of hydrogen-bond donors (Lipinski definition) is 1. The molecule has 1 aromatic rings. The summed E-state index contributed by atoms with van der Waals surface area (Å²) in [7, 11) is 0. The molecule has 0 aliphatic carbocycles. The fourth-order valence-electron chi connectivity index (χ4n) is 1.47. The van der Waals surface area contributed by atoms with Gasteiger partial charge in [-0.25, -0.2) is 4.79 Å². The Morgan fingerprint density at radius 2 is 2.18 bits per heavy atom. The average molecular weight is 257 g/mol. The topological polar surface area (TPSA) is 53.7 Å². The van der Waals surface area contributed by atoms with Crippen molar-refractivity contribution in [3.05, 3.63) is 23.7 Å². The Labute approximate surface area is 106 Å². The van der Waals surface area contributed by atoms with E-state index in [1.54, 1.807) is 17.8 Å². The molecule has 1 aromatic heterocycles. The predicted molar refractivity (Wildman–Crippen MR) is 69.6 cm³/mol. The van der Waals surface area contributed by atoms with E-state index in [-0.39, 0.29) is 5.56 Å². The number of carbonyl (C=O) groups is 1. The van der Waals surface area contributed by atoms with Gasteiger partial charge in [0.2, 0.25) is 0 Å². The van der Waals surface area contributed by atoms with E-state index in [0.717, 1.165) is 36.9 Å². The summed E-state index contributed by atoms with van der Waals surface area (Å²) >= 11 is 1.76. The molecule has 0 saturated heterocycles. The van der Waals surface area contributed by atoms with E-state index in [4.69, 9.17) is 9.52 Å². The fraction of sp³-hybridized carbons (Fsp3) is 0.583. The first kappa shape index (κ1) is 14.1.